The number of anilines is 1. The second-order valence-corrected chi connectivity index (χ2v) is 6.41. The fourth-order valence-corrected chi connectivity index (χ4v) is 2.90. The van der Waals surface area contributed by atoms with Crippen LogP contribution in [-0.2, 0) is 16.6 Å². The van der Waals surface area contributed by atoms with Crippen molar-refractivity contribution in [3.8, 4) is 0 Å². The van der Waals surface area contributed by atoms with Gasteiger partial charge in [0, 0.05) is 24.5 Å². The lowest BCUT2D eigenvalue weighted by Crippen LogP contribution is -2.15. The summed E-state index contributed by atoms with van der Waals surface area (Å²) in [4.78, 5) is 3.93. The van der Waals surface area contributed by atoms with E-state index in [9.17, 15) is 8.42 Å². The molecule has 2 N–H and O–H groups in total. The van der Waals surface area contributed by atoms with E-state index in [1.165, 1.54) is 12.5 Å². The Labute approximate surface area is 125 Å². The highest BCUT2D eigenvalue weighted by atomic mass is 32.2. The van der Waals surface area contributed by atoms with E-state index in [0.717, 1.165) is 5.56 Å². The molecular weight excluding hydrogens is 288 g/mol. The first-order valence-electron chi connectivity index (χ1n) is 6.78. The Morgan fingerprint density at radius 2 is 2.14 bits per heavy atom. The van der Waals surface area contributed by atoms with E-state index >= 15 is 0 Å². The van der Waals surface area contributed by atoms with Crippen molar-refractivity contribution in [2.45, 2.75) is 31.5 Å². The third-order valence-corrected chi connectivity index (χ3v) is 4.59. The van der Waals surface area contributed by atoms with Gasteiger partial charge >= 0.3 is 0 Å². The van der Waals surface area contributed by atoms with Crippen molar-refractivity contribution in [2.24, 2.45) is 0 Å². The van der Waals surface area contributed by atoms with Gasteiger partial charge in [-0.25, -0.2) is 4.98 Å². The molecule has 1 atom stereocenters. The molecule has 0 aliphatic heterocycles. The van der Waals surface area contributed by atoms with Gasteiger partial charge < -0.3 is 9.88 Å². The van der Waals surface area contributed by atoms with Crippen molar-refractivity contribution >= 4 is 15.7 Å². The molecule has 6 nitrogen and oxygen atoms in total. The van der Waals surface area contributed by atoms with E-state index in [2.05, 4.69) is 15.0 Å². The van der Waals surface area contributed by atoms with E-state index in [0.29, 0.717) is 12.2 Å². The zero-order valence-electron chi connectivity index (χ0n) is 12.4. The van der Waals surface area contributed by atoms with Crippen LogP contribution in [0.15, 0.2) is 41.8 Å². The van der Waals surface area contributed by atoms with Crippen LogP contribution in [0.3, 0.4) is 0 Å². The molecule has 21 heavy (non-hydrogen) atoms. The molecule has 114 valence electrons. The van der Waals surface area contributed by atoms with Gasteiger partial charge in [0.2, 0.25) is 0 Å². The van der Waals surface area contributed by atoms with Crippen LogP contribution in [0.25, 0.3) is 0 Å². The predicted molar refractivity (Wildman–Crippen MR) is 82.6 cm³/mol. The molecule has 2 rings (SSSR count). The summed E-state index contributed by atoms with van der Waals surface area (Å²) < 4.78 is 28.8. The van der Waals surface area contributed by atoms with E-state index in [1.54, 1.807) is 10.6 Å². The molecule has 1 heterocycles. The van der Waals surface area contributed by atoms with Gasteiger partial charge in [0.15, 0.2) is 5.03 Å². The predicted octanol–water partition coefficient (Wildman–Crippen LogP) is 1.98. The average molecular weight is 308 g/mol. The summed E-state index contributed by atoms with van der Waals surface area (Å²) in [6.45, 7) is 4.61. The molecular formula is C14H20N4O2S. The number of aryl methyl sites for hydroxylation is 1. The molecule has 0 amide bonds. The number of rotatable bonds is 6. The normalized spacial score (nSPS) is 13.1. The van der Waals surface area contributed by atoms with E-state index in [-0.39, 0.29) is 11.1 Å². The zero-order chi connectivity index (χ0) is 15.5. The smallest absolute Gasteiger partial charge is 0.280 e. The van der Waals surface area contributed by atoms with Crippen LogP contribution in [0.4, 0.5) is 5.69 Å². The molecule has 0 aliphatic carbocycles. The van der Waals surface area contributed by atoms with Gasteiger partial charge in [-0.1, -0.05) is 12.1 Å². The number of hydrogen-bond acceptors (Lipinski definition) is 4. The Kier molecular flexibility index (Phi) is 4.64. The van der Waals surface area contributed by atoms with Gasteiger partial charge in [0.25, 0.3) is 10.0 Å². The number of imidazole rings is 1. The highest BCUT2D eigenvalue weighted by Crippen LogP contribution is 2.19. The molecule has 1 unspecified atom stereocenters. The molecule has 0 saturated heterocycles. The maximum absolute atomic E-state index is 12.3. The first-order valence-corrected chi connectivity index (χ1v) is 8.26. The van der Waals surface area contributed by atoms with Gasteiger partial charge in [-0.05, 0) is 38.6 Å². The molecule has 0 fully saturated rings. The summed E-state index contributed by atoms with van der Waals surface area (Å²) in [5, 5.41) is 3.15. The summed E-state index contributed by atoms with van der Waals surface area (Å²) in [7, 11) is -1.79. The number of sulfonamides is 1. The molecule has 0 radical (unpaired) electrons. The summed E-state index contributed by atoms with van der Waals surface area (Å²) in [5.41, 5.74) is 1.54. The standard InChI is InChI=1S/C14H20N4O2S/c1-4-18-9-14(16-10-18)21(19,20)17-13-7-5-6-12(8-13)11(2)15-3/h5-11,15,17H,4H2,1-3H3. The molecule has 0 saturated carbocycles. The first-order chi connectivity index (χ1) is 9.96. The molecule has 0 spiro atoms. The average Bonchev–Trinajstić information content (AvgIpc) is 2.96. The number of hydrogen-bond donors (Lipinski definition) is 2. The minimum absolute atomic E-state index is 0.0245. The van der Waals surface area contributed by atoms with Crippen molar-refractivity contribution < 1.29 is 8.42 Å². The lowest BCUT2D eigenvalue weighted by Gasteiger charge is -2.12. The van der Waals surface area contributed by atoms with Crippen LogP contribution in [0.1, 0.15) is 25.5 Å². The van der Waals surface area contributed by atoms with Crippen LogP contribution >= 0.6 is 0 Å². The quantitative estimate of drug-likeness (QED) is 0.855. The minimum atomic E-state index is -3.65. The molecule has 7 heteroatoms. The fourth-order valence-electron chi connectivity index (χ4n) is 1.90. The van der Waals surface area contributed by atoms with Crippen LogP contribution in [-0.4, -0.2) is 25.0 Å². The summed E-state index contributed by atoms with van der Waals surface area (Å²) in [6.07, 6.45) is 3.02. The molecule has 0 bridgehead atoms. The maximum atomic E-state index is 12.3. The SMILES string of the molecule is CCn1cnc(S(=O)(=O)Nc2cccc(C(C)NC)c2)c1. The van der Waals surface area contributed by atoms with Crippen LogP contribution in [0.5, 0.6) is 0 Å². The van der Waals surface area contributed by atoms with Crippen molar-refractivity contribution in [3.05, 3.63) is 42.4 Å². The van der Waals surface area contributed by atoms with Crippen molar-refractivity contribution in [3.63, 3.8) is 0 Å². The highest BCUT2D eigenvalue weighted by Gasteiger charge is 2.17. The van der Waals surface area contributed by atoms with E-state index in [1.807, 2.05) is 39.1 Å². The summed E-state index contributed by atoms with van der Waals surface area (Å²) >= 11 is 0. The van der Waals surface area contributed by atoms with E-state index in [4.69, 9.17) is 0 Å². The molecule has 2 aromatic rings. The van der Waals surface area contributed by atoms with Gasteiger partial charge in [0.1, 0.15) is 0 Å². The Morgan fingerprint density at radius 3 is 2.76 bits per heavy atom. The second-order valence-electron chi connectivity index (χ2n) is 4.78. The third kappa shape index (κ3) is 3.62. The molecule has 1 aromatic carbocycles. The van der Waals surface area contributed by atoms with Crippen molar-refractivity contribution in [2.75, 3.05) is 11.8 Å². The largest absolute Gasteiger partial charge is 0.336 e. The monoisotopic (exact) mass is 308 g/mol. The van der Waals surface area contributed by atoms with Crippen LogP contribution < -0.4 is 10.0 Å². The Bertz CT molecular complexity index is 709. The Hall–Kier alpha value is -1.86. The topological polar surface area (TPSA) is 76.0 Å². The number of benzene rings is 1. The van der Waals surface area contributed by atoms with Gasteiger partial charge in [0.05, 0.1) is 6.33 Å². The Balaban J connectivity index is 2.24. The molecule has 1 aromatic heterocycles. The van der Waals surface area contributed by atoms with Crippen molar-refractivity contribution in [1.82, 2.24) is 14.9 Å². The zero-order valence-corrected chi connectivity index (χ0v) is 13.2. The van der Waals surface area contributed by atoms with Crippen molar-refractivity contribution in [1.29, 1.82) is 0 Å². The minimum Gasteiger partial charge on any atom is -0.336 e. The Morgan fingerprint density at radius 1 is 1.38 bits per heavy atom. The number of nitrogens with one attached hydrogen (secondary N) is 2. The number of nitrogens with zero attached hydrogens (tertiary/aromatic N) is 2. The van der Waals surface area contributed by atoms with Gasteiger partial charge in [-0.2, -0.15) is 8.42 Å². The van der Waals surface area contributed by atoms with Crippen LogP contribution in [0, 0.1) is 0 Å². The van der Waals surface area contributed by atoms with E-state index < -0.39 is 10.0 Å². The van der Waals surface area contributed by atoms with Gasteiger partial charge in [-0.3, -0.25) is 4.72 Å². The molecule has 0 aliphatic rings. The highest BCUT2D eigenvalue weighted by molar-refractivity contribution is 7.92. The lowest BCUT2D eigenvalue weighted by atomic mass is 10.1. The summed E-state index contributed by atoms with van der Waals surface area (Å²) in [5.74, 6) is 0. The maximum Gasteiger partial charge on any atom is 0.280 e. The van der Waals surface area contributed by atoms with Gasteiger partial charge in [-0.15, -0.1) is 0 Å². The first kappa shape index (κ1) is 15.5. The number of aromatic nitrogens is 2. The fraction of sp³-hybridized carbons (Fsp3) is 0.357. The second kappa shape index (κ2) is 6.28. The van der Waals surface area contributed by atoms with Crippen LogP contribution in [0.2, 0.25) is 0 Å². The third-order valence-electron chi connectivity index (χ3n) is 3.32. The summed E-state index contributed by atoms with van der Waals surface area (Å²) in [6, 6.07) is 7.46. The lowest BCUT2D eigenvalue weighted by molar-refractivity contribution is 0.598.